The quantitative estimate of drug-likeness (QED) is 0.790. The van der Waals surface area contributed by atoms with Crippen molar-refractivity contribution in [3.05, 3.63) is 58.7 Å². The van der Waals surface area contributed by atoms with Crippen molar-refractivity contribution in [3.63, 3.8) is 0 Å². The van der Waals surface area contributed by atoms with E-state index in [1.165, 1.54) is 22.3 Å². The predicted octanol–water partition coefficient (Wildman–Crippen LogP) is 3.84. The highest BCUT2D eigenvalue weighted by atomic mass is 16.6. The van der Waals surface area contributed by atoms with Gasteiger partial charge in [-0.2, -0.15) is 0 Å². The Hall–Kier alpha value is -2.00. The molecule has 1 aliphatic heterocycles. The lowest BCUT2D eigenvalue weighted by Crippen LogP contribution is -2.25. The van der Waals surface area contributed by atoms with E-state index < -0.39 is 0 Å². The first kappa shape index (κ1) is 13.4. The first-order valence-electron chi connectivity index (χ1n) is 8.10. The van der Waals surface area contributed by atoms with E-state index in [-0.39, 0.29) is 23.0 Å². The van der Waals surface area contributed by atoms with E-state index in [0.717, 1.165) is 11.5 Å². The zero-order chi connectivity index (χ0) is 16.0. The maximum absolute atomic E-state index is 6.39. The van der Waals surface area contributed by atoms with Crippen LogP contribution in [0.3, 0.4) is 0 Å². The van der Waals surface area contributed by atoms with Gasteiger partial charge in [0.25, 0.3) is 0 Å². The van der Waals surface area contributed by atoms with Crippen molar-refractivity contribution in [2.24, 2.45) is 0 Å². The Morgan fingerprint density at radius 3 is 1.61 bits per heavy atom. The lowest BCUT2D eigenvalue weighted by Gasteiger charge is -2.22. The summed E-state index contributed by atoms with van der Waals surface area (Å²) in [5, 5.41) is 0. The second-order valence-electron chi connectivity index (χ2n) is 7.20. The zero-order valence-corrected chi connectivity index (χ0v) is 13.8. The summed E-state index contributed by atoms with van der Waals surface area (Å²) < 4.78 is 17.8. The summed E-state index contributed by atoms with van der Waals surface area (Å²) in [6.07, 6.45) is 0. The highest BCUT2D eigenvalue weighted by Gasteiger charge is 2.79. The maximum Gasteiger partial charge on any atom is 0.123 e. The molecule has 0 aromatic heterocycles. The van der Waals surface area contributed by atoms with Gasteiger partial charge >= 0.3 is 0 Å². The first-order chi connectivity index (χ1) is 11.1. The predicted molar refractivity (Wildman–Crippen MR) is 87.6 cm³/mol. The molecule has 1 heterocycles. The minimum atomic E-state index is -0.194. The summed E-state index contributed by atoms with van der Waals surface area (Å²) in [6.45, 7) is 4.40. The number of hydrogen-bond donors (Lipinski definition) is 0. The average molecular weight is 308 g/mol. The third-order valence-corrected chi connectivity index (χ3v) is 6.02. The van der Waals surface area contributed by atoms with Gasteiger partial charge in [-0.3, -0.25) is 0 Å². The van der Waals surface area contributed by atoms with E-state index in [1.54, 1.807) is 14.2 Å². The number of fused-ring (bicyclic) bond motifs is 6. The van der Waals surface area contributed by atoms with Crippen molar-refractivity contribution in [1.29, 1.82) is 0 Å². The summed E-state index contributed by atoms with van der Waals surface area (Å²) in [5.41, 5.74) is 4.92. The van der Waals surface area contributed by atoms with Gasteiger partial charge in [0.05, 0.1) is 19.8 Å². The second-order valence-corrected chi connectivity index (χ2v) is 7.20. The van der Waals surface area contributed by atoms with Crippen LogP contribution in [0, 0.1) is 0 Å². The van der Waals surface area contributed by atoms with Crippen LogP contribution in [0.2, 0.25) is 0 Å². The maximum atomic E-state index is 6.39. The number of epoxide rings is 1. The van der Waals surface area contributed by atoms with Gasteiger partial charge in [-0.25, -0.2) is 0 Å². The highest BCUT2D eigenvalue weighted by molar-refractivity contribution is 5.73. The molecule has 118 valence electrons. The van der Waals surface area contributed by atoms with Crippen LogP contribution >= 0.6 is 0 Å². The largest absolute Gasteiger partial charge is 0.496 e. The molecule has 3 heteroatoms. The van der Waals surface area contributed by atoms with Crippen molar-refractivity contribution in [3.8, 4) is 11.5 Å². The number of methoxy groups -OCH3 is 2. The Morgan fingerprint density at radius 2 is 1.26 bits per heavy atom. The highest BCUT2D eigenvalue weighted by Crippen LogP contribution is 2.77. The van der Waals surface area contributed by atoms with Crippen LogP contribution in [0.5, 0.6) is 11.5 Å². The number of benzene rings is 2. The molecule has 1 saturated heterocycles. The number of hydrogen-bond acceptors (Lipinski definition) is 3. The molecule has 5 rings (SSSR count). The lowest BCUT2D eigenvalue weighted by atomic mass is 9.82. The number of ether oxygens (including phenoxy) is 3. The monoisotopic (exact) mass is 308 g/mol. The van der Waals surface area contributed by atoms with E-state index in [9.17, 15) is 0 Å². The minimum absolute atomic E-state index is 0.142. The molecule has 1 spiro atoms. The fourth-order valence-electron chi connectivity index (χ4n) is 5.16. The molecule has 23 heavy (non-hydrogen) atoms. The molecule has 2 bridgehead atoms. The molecule has 2 aliphatic carbocycles. The van der Waals surface area contributed by atoms with Gasteiger partial charge in [0, 0.05) is 23.0 Å². The fraction of sp³-hybridized carbons (Fsp3) is 0.400. The van der Waals surface area contributed by atoms with Crippen LogP contribution in [-0.2, 0) is 4.74 Å². The second kappa shape index (κ2) is 3.90. The normalized spacial score (nSPS) is 31.0. The molecular formula is C20H20O3. The van der Waals surface area contributed by atoms with Gasteiger partial charge in [-0.05, 0) is 37.1 Å². The molecule has 1 fully saturated rings. The lowest BCUT2D eigenvalue weighted by molar-refractivity contribution is 0.263. The average Bonchev–Trinajstić information content (AvgIpc) is 2.88. The SMILES string of the molecule is COc1ccc(OC)c2c1C1c3ccccc3C2C12OC2(C)C. The van der Waals surface area contributed by atoms with Crippen LogP contribution in [0.25, 0.3) is 0 Å². The van der Waals surface area contributed by atoms with Gasteiger partial charge < -0.3 is 14.2 Å². The molecular weight excluding hydrogens is 288 g/mol. The van der Waals surface area contributed by atoms with Crippen LogP contribution in [0.4, 0.5) is 0 Å². The van der Waals surface area contributed by atoms with Crippen molar-refractivity contribution >= 4 is 0 Å². The van der Waals surface area contributed by atoms with Gasteiger partial charge in [-0.15, -0.1) is 0 Å². The topological polar surface area (TPSA) is 31.0 Å². The van der Waals surface area contributed by atoms with Crippen molar-refractivity contribution in [2.75, 3.05) is 14.2 Å². The van der Waals surface area contributed by atoms with Crippen LogP contribution < -0.4 is 9.47 Å². The first-order valence-corrected chi connectivity index (χ1v) is 8.10. The molecule has 3 aliphatic rings. The Balaban J connectivity index is 1.87. The molecule has 2 atom stereocenters. The van der Waals surface area contributed by atoms with Gasteiger partial charge in [0.1, 0.15) is 17.1 Å². The van der Waals surface area contributed by atoms with E-state index in [2.05, 4.69) is 38.1 Å². The summed E-state index contributed by atoms with van der Waals surface area (Å²) in [4.78, 5) is 0. The smallest absolute Gasteiger partial charge is 0.123 e. The molecule has 3 nitrogen and oxygen atoms in total. The third-order valence-electron chi connectivity index (χ3n) is 6.02. The van der Waals surface area contributed by atoms with Gasteiger partial charge in [0.2, 0.25) is 0 Å². The molecule has 0 radical (unpaired) electrons. The van der Waals surface area contributed by atoms with Crippen molar-refractivity contribution in [2.45, 2.75) is 36.9 Å². The molecule has 0 amide bonds. The molecule has 0 saturated carbocycles. The van der Waals surface area contributed by atoms with Gasteiger partial charge in [-0.1, -0.05) is 24.3 Å². The Labute approximate surface area is 136 Å². The van der Waals surface area contributed by atoms with E-state index in [0.29, 0.717) is 0 Å². The third kappa shape index (κ3) is 1.29. The van der Waals surface area contributed by atoms with Crippen molar-refractivity contribution < 1.29 is 14.2 Å². The Bertz CT molecular complexity index is 779. The Morgan fingerprint density at radius 1 is 0.826 bits per heavy atom. The number of rotatable bonds is 2. The molecule has 0 N–H and O–H groups in total. The zero-order valence-electron chi connectivity index (χ0n) is 13.8. The summed E-state index contributed by atoms with van der Waals surface area (Å²) in [7, 11) is 3.48. The molecule has 2 aromatic carbocycles. The van der Waals surface area contributed by atoms with Crippen LogP contribution in [-0.4, -0.2) is 25.4 Å². The summed E-state index contributed by atoms with van der Waals surface area (Å²) >= 11 is 0. The van der Waals surface area contributed by atoms with Crippen LogP contribution in [0.15, 0.2) is 36.4 Å². The summed E-state index contributed by atoms with van der Waals surface area (Å²) in [6, 6.07) is 12.8. The molecule has 2 aromatic rings. The van der Waals surface area contributed by atoms with Crippen LogP contribution in [0.1, 0.15) is 47.9 Å². The summed E-state index contributed by atoms with van der Waals surface area (Å²) in [5.74, 6) is 2.32. The Kier molecular flexibility index (Phi) is 2.28. The van der Waals surface area contributed by atoms with E-state index >= 15 is 0 Å². The molecule has 2 unspecified atom stereocenters. The fourth-order valence-corrected chi connectivity index (χ4v) is 5.16. The van der Waals surface area contributed by atoms with Crippen molar-refractivity contribution in [1.82, 2.24) is 0 Å². The minimum Gasteiger partial charge on any atom is -0.496 e. The van der Waals surface area contributed by atoms with Gasteiger partial charge in [0.15, 0.2) is 0 Å². The standard InChI is InChI=1S/C20H20O3/c1-19(2)20(23-19)17-11-7-5-6-8-12(11)18(20)16-14(22-4)10-9-13(21-3)15(16)17/h5-10,17-18H,1-4H3. The van der Waals surface area contributed by atoms with E-state index in [1.807, 2.05) is 12.1 Å². The van der Waals surface area contributed by atoms with E-state index in [4.69, 9.17) is 14.2 Å².